The molecule has 0 saturated carbocycles. The van der Waals surface area contributed by atoms with Gasteiger partial charge >= 0.3 is 0 Å². The zero-order valence-electron chi connectivity index (χ0n) is 13.8. The van der Waals surface area contributed by atoms with Crippen LogP contribution < -0.4 is 0 Å². The highest BCUT2D eigenvalue weighted by molar-refractivity contribution is 6.04. The van der Waals surface area contributed by atoms with Crippen molar-refractivity contribution in [2.45, 2.75) is 25.7 Å². The molecule has 4 heterocycles. The van der Waals surface area contributed by atoms with Gasteiger partial charge in [-0.1, -0.05) is 6.92 Å². The molecule has 1 aliphatic rings. The lowest BCUT2D eigenvalue weighted by Crippen LogP contribution is -2.37. The van der Waals surface area contributed by atoms with E-state index in [1.807, 2.05) is 13.0 Å². The van der Waals surface area contributed by atoms with Gasteiger partial charge in [-0.15, -0.1) is 0 Å². The molecular formula is C18H21N5O. The lowest BCUT2D eigenvalue weighted by molar-refractivity contribution is -0.111. The van der Waals surface area contributed by atoms with Crippen molar-refractivity contribution in [3.63, 3.8) is 0 Å². The van der Waals surface area contributed by atoms with Crippen LogP contribution >= 0.6 is 0 Å². The number of rotatable bonds is 4. The number of hydrogen-bond acceptors (Lipinski definition) is 5. The van der Waals surface area contributed by atoms with Crippen molar-refractivity contribution >= 4 is 28.2 Å². The summed E-state index contributed by atoms with van der Waals surface area (Å²) in [7, 11) is 0. The van der Waals surface area contributed by atoms with Crippen LogP contribution in [0.2, 0.25) is 0 Å². The minimum absolute atomic E-state index is 0.0806. The molecular weight excluding hydrogens is 302 g/mol. The van der Waals surface area contributed by atoms with Gasteiger partial charge in [0.2, 0.25) is 0 Å². The topological polar surface area (TPSA) is 74.8 Å². The standard InChI is InChI=1S/C18H21N5O/c1-12(10-24)8-23-6-2-3-13(9-23)17-16-14-4-5-19-18(14)20-7-15(16)21-11-22-17/h4-5,7,10-13H,2-3,6,8-9H2,1H3,(H,21,22). The number of fused-ring (bicyclic) bond motifs is 3. The van der Waals surface area contributed by atoms with Crippen molar-refractivity contribution in [1.29, 1.82) is 0 Å². The Hall–Kier alpha value is -2.34. The molecule has 0 aliphatic carbocycles. The van der Waals surface area contributed by atoms with E-state index in [1.54, 1.807) is 18.7 Å². The lowest BCUT2D eigenvalue weighted by Gasteiger charge is -2.33. The summed E-state index contributed by atoms with van der Waals surface area (Å²) in [6.45, 7) is 4.84. The number of hydrogen-bond donors (Lipinski definition) is 1. The Labute approximate surface area is 140 Å². The fourth-order valence-corrected chi connectivity index (χ4v) is 3.80. The first-order valence-electron chi connectivity index (χ1n) is 8.50. The van der Waals surface area contributed by atoms with E-state index in [0.29, 0.717) is 5.92 Å². The highest BCUT2D eigenvalue weighted by Gasteiger charge is 2.25. The number of piperidine rings is 1. The van der Waals surface area contributed by atoms with Crippen molar-refractivity contribution in [2.75, 3.05) is 19.6 Å². The fraction of sp³-hybridized carbons (Fsp3) is 0.444. The summed E-state index contributed by atoms with van der Waals surface area (Å²) in [4.78, 5) is 29.9. The minimum atomic E-state index is 0.0806. The van der Waals surface area contributed by atoms with Crippen LogP contribution in [0.25, 0.3) is 21.9 Å². The van der Waals surface area contributed by atoms with Crippen molar-refractivity contribution in [2.24, 2.45) is 5.92 Å². The third-order valence-electron chi connectivity index (χ3n) is 4.90. The molecule has 24 heavy (non-hydrogen) atoms. The first-order chi connectivity index (χ1) is 11.8. The number of aromatic nitrogens is 4. The average molecular weight is 323 g/mol. The van der Waals surface area contributed by atoms with Gasteiger partial charge in [-0.2, -0.15) is 0 Å². The maximum absolute atomic E-state index is 11.0. The zero-order valence-corrected chi connectivity index (χ0v) is 13.8. The zero-order chi connectivity index (χ0) is 16.5. The molecule has 0 radical (unpaired) electrons. The van der Waals surface area contributed by atoms with Crippen LogP contribution in [0.1, 0.15) is 31.4 Å². The molecule has 0 aromatic carbocycles. The van der Waals surface area contributed by atoms with Gasteiger partial charge in [-0.05, 0) is 25.5 Å². The quantitative estimate of drug-likeness (QED) is 0.747. The Bertz CT molecular complexity index is 874. The summed E-state index contributed by atoms with van der Waals surface area (Å²) in [5, 5.41) is 2.19. The number of aromatic amines is 1. The third kappa shape index (κ3) is 2.67. The van der Waals surface area contributed by atoms with E-state index in [1.165, 1.54) is 5.69 Å². The summed E-state index contributed by atoms with van der Waals surface area (Å²) < 4.78 is 0. The van der Waals surface area contributed by atoms with Crippen LogP contribution in [0.4, 0.5) is 0 Å². The van der Waals surface area contributed by atoms with Gasteiger partial charge in [-0.3, -0.25) is 0 Å². The van der Waals surface area contributed by atoms with E-state index in [0.717, 1.165) is 60.7 Å². The number of H-pyrrole nitrogens is 1. The third-order valence-corrected chi connectivity index (χ3v) is 4.90. The smallest absolute Gasteiger partial charge is 0.159 e. The number of nitrogens with one attached hydrogen (secondary N) is 1. The maximum Gasteiger partial charge on any atom is 0.159 e. The molecule has 0 bridgehead atoms. The van der Waals surface area contributed by atoms with E-state index in [4.69, 9.17) is 0 Å². The Kier molecular flexibility index (Phi) is 3.98. The summed E-state index contributed by atoms with van der Waals surface area (Å²) in [5.41, 5.74) is 2.89. The molecule has 1 N–H and O–H groups in total. The van der Waals surface area contributed by atoms with Crippen molar-refractivity contribution in [1.82, 2.24) is 24.8 Å². The van der Waals surface area contributed by atoms with Gasteiger partial charge in [0.05, 0.1) is 18.0 Å². The SMILES string of the molecule is CC(C=O)CN1CCCC(c2[nH]cnc3cnc4nccc4c23)C1. The van der Waals surface area contributed by atoms with Crippen LogP contribution in [-0.4, -0.2) is 50.8 Å². The van der Waals surface area contributed by atoms with Gasteiger partial charge < -0.3 is 14.7 Å². The molecule has 1 fully saturated rings. The summed E-state index contributed by atoms with van der Waals surface area (Å²) >= 11 is 0. The van der Waals surface area contributed by atoms with Gasteiger partial charge in [0.1, 0.15) is 6.29 Å². The summed E-state index contributed by atoms with van der Waals surface area (Å²) in [6.07, 6.45) is 8.68. The Balaban J connectivity index is 1.73. The number of carbonyl (C=O) groups excluding carboxylic acids is 1. The first kappa shape index (κ1) is 15.2. The average Bonchev–Trinajstić information content (AvgIpc) is 3.10. The van der Waals surface area contributed by atoms with Gasteiger partial charge in [-0.25, -0.2) is 15.0 Å². The van der Waals surface area contributed by atoms with Crippen molar-refractivity contribution in [3.8, 4) is 0 Å². The molecule has 4 rings (SSSR count). The molecule has 0 amide bonds. The van der Waals surface area contributed by atoms with Crippen LogP contribution in [0.5, 0.6) is 0 Å². The monoisotopic (exact) mass is 323 g/mol. The molecule has 1 aliphatic heterocycles. The molecule has 124 valence electrons. The van der Waals surface area contributed by atoms with Crippen LogP contribution in [0, 0.1) is 5.92 Å². The van der Waals surface area contributed by atoms with Gasteiger partial charge in [0.25, 0.3) is 0 Å². The molecule has 2 unspecified atom stereocenters. The van der Waals surface area contributed by atoms with E-state index in [-0.39, 0.29) is 5.92 Å². The van der Waals surface area contributed by atoms with Gasteiger partial charge in [0.15, 0.2) is 5.65 Å². The highest BCUT2D eigenvalue weighted by atomic mass is 16.1. The highest BCUT2D eigenvalue weighted by Crippen LogP contribution is 2.33. The van der Waals surface area contributed by atoms with E-state index >= 15 is 0 Å². The lowest BCUT2D eigenvalue weighted by atomic mass is 9.91. The second-order valence-corrected chi connectivity index (χ2v) is 6.73. The van der Waals surface area contributed by atoms with Crippen LogP contribution in [-0.2, 0) is 4.79 Å². The number of carbonyl (C=O) groups is 1. The second kappa shape index (κ2) is 6.28. The predicted molar refractivity (Wildman–Crippen MR) is 92.8 cm³/mol. The second-order valence-electron chi connectivity index (χ2n) is 6.73. The van der Waals surface area contributed by atoms with Crippen LogP contribution in [0.15, 0.2) is 24.8 Å². The normalized spacial score (nSPS) is 20.5. The molecule has 6 heteroatoms. The number of likely N-dealkylation sites (tertiary alicyclic amines) is 1. The maximum atomic E-state index is 11.0. The van der Waals surface area contributed by atoms with E-state index in [2.05, 4.69) is 24.8 Å². The van der Waals surface area contributed by atoms with Gasteiger partial charge in [0, 0.05) is 47.6 Å². The summed E-state index contributed by atoms with van der Waals surface area (Å²) in [5.74, 6) is 0.487. The Morgan fingerprint density at radius 3 is 3.21 bits per heavy atom. The molecule has 1 saturated heterocycles. The largest absolute Gasteiger partial charge is 0.349 e. The number of pyridine rings is 1. The molecule has 3 aromatic heterocycles. The van der Waals surface area contributed by atoms with Crippen molar-refractivity contribution in [3.05, 3.63) is 30.5 Å². The van der Waals surface area contributed by atoms with Crippen LogP contribution in [0.3, 0.4) is 0 Å². The minimum Gasteiger partial charge on any atom is -0.349 e. The number of nitrogens with zero attached hydrogens (tertiary/aromatic N) is 4. The Morgan fingerprint density at radius 2 is 2.33 bits per heavy atom. The first-order valence-corrected chi connectivity index (χ1v) is 8.50. The van der Waals surface area contributed by atoms with E-state index < -0.39 is 0 Å². The molecule has 6 nitrogen and oxygen atoms in total. The van der Waals surface area contributed by atoms with Crippen molar-refractivity contribution < 1.29 is 4.79 Å². The number of aldehydes is 1. The molecule has 0 spiro atoms. The Morgan fingerprint density at radius 1 is 1.42 bits per heavy atom. The predicted octanol–water partition coefficient (Wildman–Crippen LogP) is 2.52. The molecule has 2 atom stereocenters. The fourth-order valence-electron chi connectivity index (χ4n) is 3.80. The van der Waals surface area contributed by atoms with E-state index in [9.17, 15) is 4.79 Å². The molecule has 3 aromatic rings. The summed E-state index contributed by atoms with van der Waals surface area (Å²) in [6, 6.07) is 2.01.